The summed E-state index contributed by atoms with van der Waals surface area (Å²) in [6, 6.07) is 0. The Hall–Kier alpha value is -0.310. The molecule has 4 nitrogen and oxygen atoms in total. The van der Waals surface area contributed by atoms with Crippen molar-refractivity contribution < 1.29 is 19.1 Å². The maximum absolute atomic E-state index is 13.7. The van der Waals surface area contributed by atoms with Gasteiger partial charge < -0.3 is 9.47 Å². The summed E-state index contributed by atoms with van der Waals surface area (Å²) in [6.45, 7) is 18.1. The molecule has 3 heterocycles. The quantitative estimate of drug-likeness (QED) is 0.268. The smallest absolute Gasteiger partial charge is 0.339 e. The molecule has 0 radical (unpaired) electrons. The first-order valence-corrected chi connectivity index (χ1v) is 14.0. The van der Waals surface area contributed by atoms with Gasteiger partial charge in [-0.15, -0.1) is 23.2 Å². The Kier molecular flexibility index (Phi) is 4.73. The van der Waals surface area contributed by atoms with Crippen molar-refractivity contribution in [3.63, 3.8) is 0 Å². The van der Waals surface area contributed by atoms with E-state index in [1.165, 1.54) is 0 Å². The standard InChI is InChI=1S/C25H35Cl2O4P/c1-22(2,3)25-14-10-12(17(27)16(10)26)18-11(15(14)25)13(20(28)30-23(4,5)6)19(32(18)25)21(29)31-24(7,8)9/h10-12,14-18H,1-9H3. The minimum absolute atomic E-state index is 0.00669. The van der Waals surface area contributed by atoms with E-state index in [-0.39, 0.29) is 50.8 Å². The Morgan fingerprint density at radius 3 is 1.81 bits per heavy atom. The molecule has 0 N–H and O–H groups in total. The lowest BCUT2D eigenvalue weighted by molar-refractivity contribution is -0.153. The fraction of sp³-hybridized carbons (Fsp3) is 0.840. The van der Waals surface area contributed by atoms with Crippen LogP contribution in [0.15, 0.2) is 10.9 Å². The minimum atomic E-state index is -0.910. The molecule has 0 aromatic heterocycles. The number of rotatable bonds is 2. The van der Waals surface area contributed by atoms with Crippen molar-refractivity contribution in [1.29, 1.82) is 0 Å². The zero-order chi connectivity index (χ0) is 23.9. The van der Waals surface area contributed by atoms with Crippen molar-refractivity contribution in [1.82, 2.24) is 0 Å². The first kappa shape index (κ1) is 23.4. The van der Waals surface area contributed by atoms with Crippen LogP contribution in [0.5, 0.6) is 0 Å². The Morgan fingerprint density at radius 1 is 0.812 bits per heavy atom. The number of ether oxygens (including phenoxy) is 2. The monoisotopic (exact) mass is 500 g/mol. The molecule has 178 valence electrons. The average molecular weight is 501 g/mol. The summed E-state index contributed by atoms with van der Waals surface area (Å²) < 4.78 is 11.8. The molecule has 6 aliphatic rings. The molecule has 0 aromatic rings. The molecule has 10 unspecified atom stereocenters. The third-order valence-electron chi connectivity index (χ3n) is 8.28. The van der Waals surface area contributed by atoms with Crippen molar-refractivity contribution in [3.8, 4) is 0 Å². The molecule has 7 heteroatoms. The van der Waals surface area contributed by atoms with Crippen molar-refractivity contribution >= 4 is 43.1 Å². The number of hydrogen-bond acceptors (Lipinski definition) is 4. The summed E-state index contributed by atoms with van der Waals surface area (Å²) in [5, 5.41) is 0.539. The highest BCUT2D eigenvalue weighted by molar-refractivity contribution is 7.67. The third-order valence-corrected chi connectivity index (χ3v) is 13.8. The third kappa shape index (κ3) is 2.73. The fourth-order valence-corrected chi connectivity index (χ4v) is 14.1. The van der Waals surface area contributed by atoms with E-state index < -0.39 is 19.1 Å². The molecule has 6 bridgehead atoms. The van der Waals surface area contributed by atoms with Crippen LogP contribution in [0.2, 0.25) is 0 Å². The van der Waals surface area contributed by atoms with Gasteiger partial charge in [-0.25, -0.2) is 9.59 Å². The molecule has 10 atom stereocenters. The Balaban J connectivity index is 1.66. The molecule has 32 heavy (non-hydrogen) atoms. The van der Waals surface area contributed by atoms with Crippen LogP contribution in [0.1, 0.15) is 62.3 Å². The zero-order valence-electron chi connectivity index (χ0n) is 20.5. The molecule has 3 saturated carbocycles. The maximum Gasteiger partial charge on any atom is 0.339 e. The second-order valence-electron chi connectivity index (χ2n) is 13.3. The number of esters is 2. The molecule has 0 spiro atoms. The SMILES string of the molecule is CC(C)(C)OC(=O)C1=C(C(=O)OC(C)(C)C)P2C3C1C1C(C4C(Cl)C(Cl)C43)C12C(C)(C)C. The first-order valence-electron chi connectivity index (χ1n) is 11.7. The van der Waals surface area contributed by atoms with Gasteiger partial charge in [-0.3, -0.25) is 0 Å². The molecule has 3 aliphatic heterocycles. The van der Waals surface area contributed by atoms with Gasteiger partial charge in [0.05, 0.1) is 21.6 Å². The molecule has 0 aromatic carbocycles. The summed E-state index contributed by atoms with van der Waals surface area (Å²) in [4.78, 5) is 27.2. The first-order chi connectivity index (χ1) is 14.4. The van der Waals surface area contributed by atoms with E-state index in [9.17, 15) is 9.59 Å². The van der Waals surface area contributed by atoms with Gasteiger partial charge in [0.2, 0.25) is 0 Å². The zero-order valence-corrected chi connectivity index (χ0v) is 22.9. The van der Waals surface area contributed by atoms with E-state index >= 15 is 0 Å². The van der Waals surface area contributed by atoms with E-state index in [4.69, 9.17) is 32.7 Å². The molecule has 0 amide bonds. The van der Waals surface area contributed by atoms with Crippen molar-refractivity contribution in [2.45, 2.75) is 95.1 Å². The van der Waals surface area contributed by atoms with Crippen LogP contribution >= 0.6 is 31.1 Å². The highest BCUT2D eigenvalue weighted by Gasteiger charge is 2.93. The highest BCUT2D eigenvalue weighted by atomic mass is 35.5. The lowest BCUT2D eigenvalue weighted by Crippen LogP contribution is -2.61. The summed E-state index contributed by atoms with van der Waals surface area (Å²) in [7, 11) is -0.910. The van der Waals surface area contributed by atoms with E-state index in [1.807, 2.05) is 41.5 Å². The Morgan fingerprint density at radius 2 is 1.31 bits per heavy atom. The number of halogens is 2. The van der Waals surface area contributed by atoms with Gasteiger partial charge in [-0.1, -0.05) is 28.7 Å². The van der Waals surface area contributed by atoms with E-state index in [0.29, 0.717) is 28.6 Å². The normalized spacial score (nSPS) is 45.9. The van der Waals surface area contributed by atoms with Crippen LogP contribution in [-0.2, 0) is 19.1 Å². The fourth-order valence-electron chi connectivity index (χ4n) is 7.80. The van der Waals surface area contributed by atoms with Crippen LogP contribution in [0, 0.1) is 35.0 Å². The van der Waals surface area contributed by atoms with Crippen molar-refractivity contribution in [2.75, 3.05) is 0 Å². The number of hydrogen-bond donors (Lipinski definition) is 0. The highest BCUT2D eigenvalue weighted by Crippen LogP contribution is 3.00. The lowest BCUT2D eigenvalue weighted by atomic mass is 9.60. The van der Waals surface area contributed by atoms with E-state index in [1.54, 1.807) is 0 Å². The number of carbonyl (C=O) groups is 2. The minimum Gasteiger partial charge on any atom is -0.457 e. The summed E-state index contributed by atoms with van der Waals surface area (Å²) in [5.74, 6) is 0.818. The van der Waals surface area contributed by atoms with Gasteiger partial charge in [-0.2, -0.15) is 0 Å². The molecular formula is C25H35Cl2O4P. The predicted molar refractivity (Wildman–Crippen MR) is 128 cm³/mol. The van der Waals surface area contributed by atoms with Crippen molar-refractivity contribution in [2.24, 2.45) is 35.0 Å². The summed E-state index contributed by atoms with van der Waals surface area (Å²) >= 11 is 13.5. The van der Waals surface area contributed by atoms with Crippen LogP contribution < -0.4 is 0 Å². The van der Waals surface area contributed by atoms with Gasteiger partial charge in [0.1, 0.15) is 11.2 Å². The second kappa shape index (κ2) is 6.46. The lowest BCUT2D eigenvalue weighted by Gasteiger charge is -2.59. The molecule has 6 rings (SSSR count). The van der Waals surface area contributed by atoms with Crippen molar-refractivity contribution in [3.05, 3.63) is 10.9 Å². The van der Waals surface area contributed by atoms with Gasteiger partial charge in [0.15, 0.2) is 0 Å². The van der Waals surface area contributed by atoms with Crippen LogP contribution in [0.4, 0.5) is 0 Å². The summed E-state index contributed by atoms with van der Waals surface area (Å²) in [5.41, 5.74) is -0.429. The predicted octanol–water partition coefficient (Wildman–Crippen LogP) is 5.92. The number of alkyl halides is 2. The van der Waals surface area contributed by atoms with Gasteiger partial charge in [0, 0.05) is 11.1 Å². The molecular weight excluding hydrogens is 466 g/mol. The largest absolute Gasteiger partial charge is 0.457 e. The molecule has 3 aliphatic carbocycles. The topological polar surface area (TPSA) is 52.6 Å². The second-order valence-corrected chi connectivity index (χ2v) is 16.9. The van der Waals surface area contributed by atoms with Crippen LogP contribution in [-0.4, -0.2) is 44.7 Å². The van der Waals surface area contributed by atoms with Gasteiger partial charge in [0.25, 0.3) is 0 Å². The average Bonchev–Trinajstić information content (AvgIpc) is 3.09. The number of carbonyl (C=O) groups excluding carboxylic acids is 2. The molecule has 5 fully saturated rings. The van der Waals surface area contributed by atoms with Crippen LogP contribution in [0.3, 0.4) is 0 Å². The maximum atomic E-state index is 13.7. The molecule has 2 saturated heterocycles. The Labute approximate surface area is 202 Å². The van der Waals surface area contributed by atoms with E-state index in [0.717, 1.165) is 0 Å². The Bertz CT molecular complexity index is 939. The van der Waals surface area contributed by atoms with Gasteiger partial charge >= 0.3 is 11.9 Å². The van der Waals surface area contributed by atoms with Crippen LogP contribution in [0.25, 0.3) is 0 Å². The van der Waals surface area contributed by atoms with E-state index in [2.05, 4.69) is 20.8 Å². The summed E-state index contributed by atoms with van der Waals surface area (Å²) in [6.07, 6.45) is 0. The van der Waals surface area contributed by atoms with Gasteiger partial charge in [-0.05, 0) is 76.3 Å².